The Kier molecular flexibility index (Phi) is 2.87. The molecule has 14 heavy (non-hydrogen) atoms. The first-order valence-corrected chi connectivity index (χ1v) is 5.34. The van der Waals surface area contributed by atoms with Crippen LogP contribution in [0.1, 0.15) is 0 Å². The van der Waals surface area contributed by atoms with Crippen molar-refractivity contribution >= 4 is 22.4 Å². The number of carboxylic acid groups (broad SMARTS) is 1. The maximum Gasteiger partial charge on any atom is 0.354 e. The van der Waals surface area contributed by atoms with Crippen LogP contribution in [0, 0.1) is 0 Å². The van der Waals surface area contributed by atoms with Gasteiger partial charge >= 0.3 is 5.97 Å². The van der Waals surface area contributed by atoms with E-state index in [1.54, 1.807) is 0 Å². The van der Waals surface area contributed by atoms with Crippen LogP contribution in [-0.4, -0.2) is 43.7 Å². The maximum absolute atomic E-state index is 10.7. The number of carbonyl (C=O) groups is 1. The molecule has 8 heteroatoms. The van der Waals surface area contributed by atoms with Gasteiger partial charge in [-0.2, -0.15) is 8.42 Å². The largest absolute Gasteiger partial charge is 0.477 e. The molecule has 7 nitrogen and oxygen atoms in total. The molecule has 0 aromatic rings. The molecule has 0 aromatic heterocycles. The zero-order valence-corrected chi connectivity index (χ0v) is 8.06. The fourth-order valence-corrected chi connectivity index (χ4v) is 1.22. The minimum absolute atomic E-state index is 0.0260. The molecule has 0 fully saturated rings. The first-order chi connectivity index (χ1) is 6.38. The summed E-state index contributed by atoms with van der Waals surface area (Å²) in [5.41, 5.74) is -0.140. The van der Waals surface area contributed by atoms with Crippen LogP contribution in [0.15, 0.2) is 16.8 Å². The van der Waals surface area contributed by atoms with Crippen molar-refractivity contribution in [2.45, 2.75) is 0 Å². The van der Waals surface area contributed by atoms with E-state index in [-0.39, 0.29) is 12.2 Å². The number of hydroxylamine groups is 2. The summed E-state index contributed by atoms with van der Waals surface area (Å²) in [6.07, 6.45) is 3.13. The third-order valence-corrected chi connectivity index (χ3v) is 1.70. The van der Waals surface area contributed by atoms with Crippen molar-refractivity contribution in [1.82, 2.24) is 5.06 Å². The number of nitrogens with zero attached hydrogens (tertiary/aromatic N) is 2. The highest BCUT2D eigenvalue weighted by atomic mass is 32.2. The highest BCUT2D eigenvalue weighted by Gasteiger charge is 2.14. The fraction of sp³-hybridized carbons (Fsp3) is 0.333. The average Bonchev–Trinajstić information content (AvgIpc) is 2.02. The molecule has 0 unspecified atom stereocenters. The van der Waals surface area contributed by atoms with Gasteiger partial charge in [0.1, 0.15) is 12.0 Å². The van der Waals surface area contributed by atoms with Gasteiger partial charge in [0.2, 0.25) is 0 Å². The Morgan fingerprint density at radius 1 is 1.71 bits per heavy atom. The molecule has 0 bridgehead atoms. The molecule has 0 saturated carbocycles. The molecule has 0 spiro atoms. The van der Waals surface area contributed by atoms with Crippen LogP contribution in [0.25, 0.3) is 0 Å². The summed E-state index contributed by atoms with van der Waals surface area (Å²) < 4.78 is 25.7. The summed E-state index contributed by atoms with van der Waals surface area (Å²) in [5.74, 6) is -1.17. The minimum atomic E-state index is -3.60. The van der Waals surface area contributed by atoms with Gasteiger partial charge in [-0.1, -0.05) is 0 Å². The fourth-order valence-electron chi connectivity index (χ4n) is 0.769. The van der Waals surface area contributed by atoms with Gasteiger partial charge in [-0.25, -0.2) is 14.9 Å². The normalized spacial score (nSPS) is 16.6. The van der Waals surface area contributed by atoms with E-state index >= 15 is 0 Å². The van der Waals surface area contributed by atoms with Gasteiger partial charge in [0, 0.05) is 0 Å². The van der Waals surface area contributed by atoms with Crippen molar-refractivity contribution in [1.29, 1.82) is 0 Å². The molecule has 0 aliphatic carbocycles. The standard InChI is InChI=1S/C6H8N2O5S/c1-14(11,12)13-8-3-2-5(6(9)10)7-4-8/h2,4H,3H2,1H3,(H,9,10). The van der Waals surface area contributed by atoms with Crippen molar-refractivity contribution in [2.24, 2.45) is 4.99 Å². The maximum atomic E-state index is 10.7. The Hall–Kier alpha value is -1.41. The summed E-state index contributed by atoms with van der Waals surface area (Å²) in [5, 5.41) is 9.42. The lowest BCUT2D eigenvalue weighted by Crippen LogP contribution is -2.28. The van der Waals surface area contributed by atoms with E-state index in [2.05, 4.69) is 9.28 Å². The Morgan fingerprint density at radius 3 is 2.71 bits per heavy atom. The van der Waals surface area contributed by atoms with E-state index < -0.39 is 16.1 Å². The van der Waals surface area contributed by atoms with Crippen LogP contribution in [-0.2, 0) is 19.2 Å². The molecule has 0 aromatic carbocycles. The van der Waals surface area contributed by atoms with Gasteiger partial charge in [-0.3, -0.25) is 0 Å². The summed E-state index contributed by atoms with van der Waals surface area (Å²) in [7, 11) is -3.60. The van der Waals surface area contributed by atoms with Gasteiger partial charge in [-0.15, -0.1) is 4.28 Å². The molecule has 1 aliphatic heterocycles. The molecular formula is C6H8N2O5S. The molecule has 1 heterocycles. The Balaban J connectivity index is 2.62. The highest BCUT2D eigenvalue weighted by Crippen LogP contribution is 2.05. The number of aliphatic carboxylic acids is 1. The van der Waals surface area contributed by atoms with Crippen LogP contribution >= 0.6 is 0 Å². The van der Waals surface area contributed by atoms with Gasteiger partial charge in [0.05, 0.1) is 12.8 Å². The van der Waals surface area contributed by atoms with E-state index in [4.69, 9.17) is 5.11 Å². The molecule has 1 N–H and O–H groups in total. The van der Waals surface area contributed by atoms with Crippen LogP contribution in [0.5, 0.6) is 0 Å². The molecule has 0 atom stereocenters. The van der Waals surface area contributed by atoms with E-state index in [0.717, 1.165) is 17.7 Å². The Bertz CT molecular complexity index is 396. The lowest BCUT2D eigenvalue weighted by atomic mass is 10.4. The molecule has 78 valence electrons. The van der Waals surface area contributed by atoms with E-state index in [1.165, 1.54) is 6.08 Å². The quantitative estimate of drug-likeness (QED) is 0.668. The van der Waals surface area contributed by atoms with Crippen LogP contribution in [0.3, 0.4) is 0 Å². The minimum Gasteiger partial charge on any atom is -0.477 e. The Morgan fingerprint density at radius 2 is 2.36 bits per heavy atom. The monoisotopic (exact) mass is 220 g/mol. The topological polar surface area (TPSA) is 96.3 Å². The number of hydrogen-bond donors (Lipinski definition) is 1. The third kappa shape index (κ3) is 3.15. The highest BCUT2D eigenvalue weighted by molar-refractivity contribution is 7.85. The van der Waals surface area contributed by atoms with E-state index in [9.17, 15) is 13.2 Å². The summed E-state index contributed by atoms with van der Waals surface area (Å²) in [6.45, 7) is 0.0260. The van der Waals surface area contributed by atoms with E-state index in [0.29, 0.717) is 0 Å². The molecule has 1 rings (SSSR count). The summed E-state index contributed by atoms with van der Waals surface area (Å²) in [4.78, 5) is 13.9. The second-order valence-corrected chi connectivity index (χ2v) is 4.07. The second-order valence-electron chi connectivity index (χ2n) is 2.52. The SMILES string of the molecule is CS(=O)(=O)ON1C=NC(C(=O)O)=CC1. The zero-order valence-electron chi connectivity index (χ0n) is 7.24. The number of rotatable bonds is 3. The Labute approximate surface area is 80.4 Å². The number of carboxylic acids is 1. The van der Waals surface area contributed by atoms with Crippen molar-refractivity contribution in [2.75, 3.05) is 12.8 Å². The van der Waals surface area contributed by atoms with Crippen molar-refractivity contribution < 1.29 is 22.6 Å². The zero-order chi connectivity index (χ0) is 10.8. The molecular weight excluding hydrogens is 212 g/mol. The van der Waals surface area contributed by atoms with Crippen LogP contribution in [0.2, 0.25) is 0 Å². The number of hydrogen-bond acceptors (Lipinski definition) is 6. The molecule has 0 amide bonds. The predicted octanol–water partition coefficient (Wildman–Crippen LogP) is -0.810. The lowest BCUT2D eigenvalue weighted by Gasteiger charge is -2.17. The smallest absolute Gasteiger partial charge is 0.354 e. The molecule has 0 radical (unpaired) electrons. The van der Waals surface area contributed by atoms with Crippen LogP contribution in [0.4, 0.5) is 0 Å². The van der Waals surface area contributed by atoms with Crippen LogP contribution < -0.4 is 0 Å². The van der Waals surface area contributed by atoms with Crippen molar-refractivity contribution in [3.05, 3.63) is 11.8 Å². The van der Waals surface area contributed by atoms with Gasteiger partial charge in [0.25, 0.3) is 10.1 Å². The molecule has 1 aliphatic rings. The van der Waals surface area contributed by atoms with Crippen molar-refractivity contribution in [3.63, 3.8) is 0 Å². The van der Waals surface area contributed by atoms with Gasteiger partial charge < -0.3 is 5.11 Å². The second kappa shape index (κ2) is 3.76. The first kappa shape index (κ1) is 10.7. The first-order valence-electron chi connectivity index (χ1n) is 3.52. The van der Waals surface area contributed by atoms with Gasteiger partial charge in [0.15, 0.2) is 0 Å². The summed E-state index contributed by atoms with van der Waals surface area (Å²) in [6, 6.07) is 0. The van der Waals surface area contributed by atoms with Crippen molar-refractivity contribution in [3.8, 4) is 0 Å². The lowest BCUT2D eigenvalue weighted by molar-refractivity contribution is -0.132. The third-order valence-electron chi connectivity index (χ3n) is 1.24. The van der Waals surface area contributed by atoms with Gasteiger partial charge in [-0.05, 0) is 6.08 Å². The average molecular weight is 220 g/mol. The molecule has 0 saturated heterocycles. The summed E-state index contributed by atoms with van der Waals surface area (Å²) >= 11 is 0. The predicted molar refractivity (Wildman–Crippen MR) is 46.8 cm³/mol. The number of aliphatic imine (C=N–C) groups is 1. The van der Waals surface area contributed by atoms with E-state index in [1.807, 2.05) is 0 Å².